The normalized spacial score (nSPS) is 11.6. The van der Waals surface area contributed by atoms with Crippen LogP contribution in [0.5, 0.6) is 0 Å². The fourth-order valence-electron chi connectivity index (χ4n) is 3.77. The van der Waals surface area contributed by atoms with E-state index in [0.29, 0.717) is 33.5 Å². The molecule has 0 bridgehead atoms. The number of nitro groups is 2. The molecular formula is C27H17N5O4. The van der Waals surface area contributed by atoms with Crippen LogP contribution in [-0.4, -0.2) is 27.3 Å². The maximum atomic E-state index is 11.2. The zero-order valence-corrected chi connectivity index (χ0v) is 18.7. The van der Waals surface area contributed by atoms with E-state index < -0.39 is 9.85 Å². The van der Waals surface area contributed by atoms with Gasteiger partial charge < -0.3 is 0 Å². The zero-order chi connectivity index (χ0) is 25.1. The van der Waals surface area contributed by atoms with Crippen molar-refractivity contribution in [2.24, 2.45) is 9.98 Å². The van der Waals surface area contributed by atoms with Gasteiger partial charge in [-0.3, -0.25) is 30.2 Å². The molecule has 0 amide bonds. The number of hydrogen-bond acceptors (Lipinski definition) is 7. The number of rotatable bonds is 6. The SMILES string of the molecule is O=[N+]([O-])c1ccccc1C=Nc1ccc2cc3ccc(N=Cc4ccccc4[N+](=O)[O-])cc3nc2c1. The first-order valence-electron chi connectivity index (χ1n) is 10.9. The van der Waals surface area contributed by atoms with Gasteiger partial charge in [0.1, 0.15) is 0 Å². The monoisotopic (exact) mass is 475 g/mol. The Morgan fingerprint density at radius 2 is 1.06 bits per heavy atom. The van der Waals surface area contributed by atoms with Gasteiger partial charge in [-0.25, -0.2) is 4.98 Å². The summed E-state index contributed by atoms with van der Waals surface area (Å²) in [7, 11) is 0. The first kappa shape index (κ1) is 22.5. The van der Waals surface area contributed by atoms with Crippen molar-refractivity contribution in [2.45, 2.75) is 0 Å². The van der Waals surface area contributed by atoms with Crippen LogP contribution in [0.1, 0.15) is 11.1 Å². The second kappa shape index (κ2) is 9.51. The molecule has 0 spiro atoms. The number of aromatic nitrogens is 1. The molecule has 1 aromatic heterocycles. The molecule has 9 heteroatoms. The summed E-state index contributed by atoms with van der Waals surface area (Å²) in [5.74, 6) is 0. The van der Waals surface area contributed by atoms with Crippen molar-refractivity contribution in [1.29, 1.82) is 0 Å². The second-order valence-electron chi connectivity index (χ2n) is 7.89. The summed E-state index contributed by atoms with van der Waals surface area (Å²) >= 11 is 0. The lowest BCUT2D eigenvalue weighted by Gasteiger charge is -2.04. The Kier molecular flexibility index (Phi) is 5.94. The molecule has 0 saturated heterocycles. The van der Waals surface area contributed by atoms with Gasteiger partial charge in [0.2, 0.25) is 0 Å². The van der Waals surface area contributed by atoms with E-state index in [4.69, 9.17) is 4.98 Å². The van der Waals surface area contributed by atoms with E-state index in [1.165, 1.54) is 24.6 Å². The minimum absolute atomic E-state index is 0.0138. The minimum Gasteiger partial charge on any atom is -0.258 e. The van der Waals surface area contributed by atoms with Crippen LogP contribution < -0.4 is 0 Å². The highest BCUT2D eigenvalue weighted by Crippen LogP contribution is 2.27. The van der Waals surface area contributed by atoms with Gasteiger partial charge in [-0.1, -0.05) is 36.4 Å². The van der Waals surface area contributed by atoms with Gasteiger partial charge in [0.15, 0.2) is 0 Å². The van der Waals surface area contributed by atoms with E-state index >= 15 is 0 Å². The van der Waals surface area contributed by atoms with Crippen molar-refractivity contribution in [2.75, 3.05) is 0 Å². The quantitative estimate of drug-likeness (QED) is 0.117. The molecule has 174 valence electrons. The Bertz CT molecular complexity index is 1590. The molecule has 4 aromatic carbocycles. The van der Waals surface area contributed by atoms with Crippen molar-refractivity contribution in [3.8, 4) is 0 Å². The molecule has 0 aliphatic carbocycles. The highest BCUT2D eigenvalue weighted by molar-refractivity contribution is 5.96. The number of pyridine rings is 1. The first-order chi connectivity index (χ1) is 17.5. The van der Waals surface area contributed by atoms with E-state index in [1.807, 2.05) is 42.5 Å². The number of nitrogens with zero attached hydrogens (tertiary/aromatic N) is 5. The maximum absolute atomic E-state index is 11.2. The van der Waals surface area contributed by atoms with Crippen LogP contribution in [0.2, 0.25) is 0 Å². The average Bonchev–Trinajstić information content (AvgIpc) is 2.89. The van der Waals surface area contributed by atoms with E-state index in [9.17, 15) is 20.2 Å². The molecule has 0 saturated carbocycles. The van der Waals surface area contributed by atoms with Crippen LogP contribution >= 0.6 is 0 Å². The summed E-state index contributed by atoms with van der Waals surface area (Å²) in [6, 6.07) is 25.9. The van der Waals surface area contributed by atoms with Gasteiger partial charge in [-0.2, -0.15) is 0 Å². The van der Waals surface area contributed by atoms with Crippen LogP contribution in [0.15, 0.2) is 101 Å². The number of para-hydroxylation sites is 2. The summed E-state index contributed by atoms with van der Waals surface area (Å²) < 4.78 is 0. The van der Waals surface area contributed by atoms with Crippen molar-refractivity contribution in [3.63, 3.8) is 0 Å². The van der Waals surface area contributed by atoms with E-state index in [-0.39, 0.29) is 11.4 Å². The molecule has 5 aromatic rings. The van der Waals surface area contributed by atoms with Crippen LogP contribution in [-0.2, 0) is 0 Å². The lowest BCUT2D eigenvalue weighted by Crippen LogP contribution is -1.93. The number of hydrogen-bond donors (Lipinski definition) is 0. The Morgan fingerprint density at radius 3 is 1.50 bits per heavy atom. The third kappa shape index (κ3) is 4.66. The van der Waals surface area contributed by atoms with Crippen LogP contribution in [0, 0.1) is 20.2 Å². The zero-order valence-electron chi connectivity index (χ0n) is 18.7. The third-order valence-corrected chi connectivity index (χ3v) is 5.55. The van der Waals surface area contributed by atoms with E-state index in [0.717, 1.165) is 10.8 Å². The molecule has 0 N–H and O–H groups in total. The average molecular weight is 475 g/mol. The molecule has 5 rings (SSSR count). The van der Waals surface area contributed by atoms with E-state index in [2.05, 4.69) is 9.98 Å². The van der Waals surface area contributed by atoms with Gasteiger partial charge in [0, 0.05) is 35.3 Å². The molecule has 0 fully saturated rings. The van der Waals surface area contributed by atoms with E-state index in [1.54, 1.807) is 36.4 Å². The van der Waals surface area contributed by atoms with Crippen molar-refractivity contribution in [1.82, 2.24) is 4.98 Å². The first-order valence-corrected chi connectivity index (χ1v) is 10.9. The molecule has 0 unspecified atom stereocenters. The van der Waals surface area contributed by atoms with Gasteiger partial charge in [-0.15, -0.1) is 0 Å². The maximum Gasteiger partial charge on any atom is 0.278 e. The molecule has 1 heterocycles. The Hall–Kier alpha value is -5.31. The Balaban J connectivity index is 1.47. The van der Waals surface area contributed by atoms with Gasteiger partial charge in [0.05, 0.1) is 43.4 Å². The van der Waals surface area contributed by atoms with Crippen molar-refractivity contribution < 1.29 is 9.85 Å². The highest BCUT2D eigenvalue weighted by Gasteiger charge is 2.11. The lowest BCUT2D eigenvalue weighted by atomic mass is 10.1. The summed E-state index contributed by atoms with van der Waals surface area (Å²) in [4.78, 5) is 35.1. The summed E-state index contributed by atoms with van der Waals surface area (Å²) in [6.07, 6.45) is 2.94. The van der Waals surface area contributed by atoms with Crippen LogP contribution in [0.25, 0.3) is 21.8 Å². The predicted octanol–water partition coefficient (Wildman–Crippen LogP) is 6.71. The highest BCUT2D eigenvalue weighted by atomic mass is 16.6. The minimum atomic E-state index is -0.439. The van der Waals surface area contributed by atoms with Gasteiger partial charge in [-0.05, 0) is 42.5 Å². The summed E-state index contributed by atoms with van der Waals surface area (Å²) in [5, 5.41) is 24.3. The van der Waals surface area contributed by atoms with Crippen molar-refractivity contribution in [3.05, 3.63) is 122 Å². The predicted molar refractivity (Wildman–Crippen MR) is 140 cm³/mol. The Labute approximate surface area is 204 Å². The molecule has 36 heavy (non-hydrogen) atoms. The second-order valence-corrected chi connectivity index (χ2v) is 7.89. The molecule has 0 aliphatic rings. The number of benzene rings is 4. The third-order valence-electron chi connectivity index (χ3n) is 5.55. The Morgan fingerprint density at radius 1 is 0.611 bits per heavy atom. The van der Waals surface area contributed by atoms with Crippen LogP contribution in [0.4, 0.5) is 22.7 Å². The lowest BCUT2D eigenvalue weighted by molar-refractivity contribution is -0.385. The smallest absolute Gasteiger partial charge is 0.258 e. The molecule has 0 radical (unpaired) electrons. The van der Waals surface area contributed by atoms with Crippen LogP contribution in [0.3, 0.4) is 0 Å². The molecular weight excluding hydrogens is 458 g/mol. The van der Waals surface area contributed by atoms with Crippen molar-refractivity contribution >= 4 is 57.0 Å². The fourth-order valence-corrected chi connectivity index (χ4v) is 3.77. The topological polar surface area (TPSA) is 124 Å². The van der Waals surface area contributed by atoms with Gasteiger partial charge >= 0.3 is 0 Å². The largest absolute Gasteiger partial charge is 0.278 e. The molecule has 0 aliphatic heterocycles. The number of nitro benzene ring substituents is 2. The summed E-state index contributed by atoms with van der Waals surface area (Å²) in [5.41, 5.74) is 3.43. The van der Waals surface area contributed by atoms with Gasteiger partial charge in [0.25, 0.3) is 11.4 Å². The fraction of sp³-hybridized carbons (Fsp3) is 0. The molecule has 0 atom stereocenters. The number of aliphatic imine (C=N–C) groups is 2. The standard InChI is InChI=1S/C27H17N5O4/c33-31(34)26-7-3-1-5-20(26)16-28-22-11-9-18-13-19-10-12-23(15-25(19)30-24(18)14-22)29-17-21-6-2-4-8-27(21)32(35)36/h1-17H. The number of fused-ring (bicyclic) bond motifs is 2. The summed E-state index contributed by atoms with van der Waals surface area (Å²) in [6.45, 7) is 0. The molecule has 9 nitrogen and oxygen atoms in total.